The molecule has 1 N–H and O–H groups in total. The zero-order valence-electron chi connectivity index (χ0n) is 10.7. The van der Waals surface area contributed by atoms with Gasteiger partial charge in [-0.05, 0) is 25.2 Å². The van der Waals surface area contributed by atoms with Gasteiger partial charge in [0.05, 0.1) is 6.10 Å². The van der Waals surface area contributed by atoms with Crippen LogP contribution in [0.1, 0.15) is 44.9 Å². The summed E-state index contributed by atoms with van der Waals surface area (Å²) in [7, 11) is 1.60. The van der Waals surface area contributed by atoms with Crippen LogP contribution in [0.2, 0.25) is 0 Å². The van der Waals surface area contributed by atoms with Crippen molar-refractivity contribution in [3.8, 4) is 0 Å². The van der Waals surface area contributed by atoms with Gasteiger partial charge >= 0.3 is 0 Å². The van der Waals surface area contributed by atoms with E-state index in [1.54, 1.807) is 13.2 Å². The zero-order valence-corrected chi connectivity index (χ0v) is 10.7. The molecule has 2 fully saturated rings. The quantitative estimate of drug-likeness (QED) is 0.768. The summed E-state index contributed by atoms with van der Waals surface area (Å²) in [5, 5.41) is 10.5. The molecule has 1 unspecified atom stereocenters. The second-order valence-corrected chi connectivity index (χ2v) is 5.44. The van der Waals surface area contributed by atoms with Crippen LogP contribution in [-0.4, -0.2) is 30.2 Å². The minimum atomic E-state index is -0.876. The van der Waals surface area contributed by atoms with Crippen molar-refractivity contribution in [1.82, 2.24) is 0 Å². The molecule has 0 aromatic carbocycles. The molecule has 2 rings (SSSR count). The van der Waals surface area contributed by atoms with Crippen molar-refractivity contribution >= 4 is 0 Å². The first-order chi connectivity index (χ1) is 8.19. The Morgan fingerprint density at radius 1 is 1.41 bits per heavy atom. The lowest BCUT2D eigenvalue weighted by Gasteiger charge is -2.26. The Morgan fingerprint density at radius 2 is 2.12 bits per heavy atom. The molecule has 98 valence electrons. The highest BCUT2D eigenvalue weighted by atomic mass is 16.7. The third kappa shape index (κ3) is 2.72. The maximum Gasteiger partial charge on any atom is 0.186 e. The van der Waals surface area contributed by atoms with Crippen LogP contribution < -0.4 is 0 Å². The predicted octanol–water partition coefficient (Wildman–Crippen LogP) is 2.64. The van der Waals surface area contributed by atoms with Crippen LogP contribution in [0, 0.1) is 5.92 Å². The first-order valence-electron chi connectivity index (χ1n) is 6.71. The van der Waals surface area contributed by atoms with Crippen LogP contribution in [0.25, 0.3) is 0 Å². The van der Waals surface area contributed by atoms with E-state index in [-0.39, 0.29) is 6.10 Å². The van der Waals surface area contributed by atoms with Crippen molar-refractivity contribution < 1.29 is 14.6 Å². The van der Waals surface area contributed by atoms with Gasteiger partial charge < -0.3 is 14.6 Å². The molecule has 3 atom stereocenters. The van der Waals surface area contributed by atoms with Crippen molar-refractivity contribution in [1.29, 1.82) is 0 Å². The predicted molar refractivity (Wildman–Crippen MR) is 66.6 cm³/mol. The molecule has 1 saturated carbocycles. The van der Waals surface area contributed by atoms with Crippen LogP contribution in [0.15, 0.2) is 12.7 Å². The molecule has 0 aromatic rings. The van der Waals surface area contributed by atoms with E-state index in [0.29, 0.717) is 18.8 Å². The SMILES string of the molecule is C=CC[C@]1(O)C[C@@H](C2CCCCC2)OC1OC. The second kappa shape index (κ2) is 5.51. The lowest BCUT2D eigenvalue weighted by Crippen LogP contribution is -2.38. The van der Waals surface area contributed by atoms with Crippen LogP contribution in [-0.2, 0) is 9.47 Å². The molecule has 3 nitrogen and oxygen atoms in total. The summed E-state index contributed by atoms with van der Waals surface area (Å²) in [6, 6.07) is 0. The summed E-state index contributed by atoms with van der Waals surface area (Å²) in [5.41, 5.74) is -0.876. The summed E-state index contributed by atoms with van der Waals surface area (Å²) in [5.74, 6) is 0.597. The summed E-state index contributed by atoms with van der Waals surface area (Å²) < 4.78 is 11.2. The number of hydrogen-bond donors (Lipinski definition) is 1. The normalized spacial score (nSPS) is 39.4. The molecule has 2 aliphatic rings. The van der Waals surface area contributed by atoms with Crippen molar-refractivity contribution in [2.75, 3.05) is 7.11 Å². The third-order valence-electron chi connectivity index (χ3n) is 4.18. The van der Waals surface area contributed by atoms with Gasteiger partial charge in [-0.3, -0.25) is 0 Å². The number of rotatable bonds is 4. The van der Waals surface area contributed by atoms with Crippen molar-refractivity contribution in [2.45, 2.75) is 62.9 Å². The van der Waals surface area contributed by atoms with Gasteiger partial charge in [-0.15, -0.1) is 6.58 Å². The van der Waals surface area contributed by atoms with Crippen LogP contribution in [0.4, 0.5) is 0 Å². The molecule has 1 heterocycles. The highest BCUT2D eigenvalue weighted by Crippen LogP contribution is 2.41. The maximum absolute atomic E-state index is 10.5. The highest BCUT2D eigenvalue weighted by molar-refractivity contribution is 4.98. The Bertz CT molecular complexity index is 260. The molecule has 0 radical (unpaired) electrons. The van der Waals surface area contributed by atoms with Crippen LogP contribution in [0.3, 0.4) is 0 Å². The molecule has 1 saturated heterocycles. The van der Waals surface area contributed by atoms with Gasteiger partial charge in [0.2, 0.25) is 0 Å². The zero-order chi connectivity index (χ0) is 12.3. The molecular formula is C14H24O3. The molecule has 0 spiro atoms. The fourth-order valence-corrected chi connectivity index (χ4v) is 3.27. The smallest absolute Gasteiger partial charge is 0.186 e. The van der Waals surface area contributed by atoms with Crippen molar-refractivity contribution in [2.24, 2.45) is 5.92 Å². The largest absolute Gasteiger partial charge is 0.384 e. The lowest BCUT2D eigenvalue weighted by atomic mass is 9.81. The summed E-state index contributed by atoms with van der Waals surface area (Å²) in [6.45, 7) is 3.70. The minimum Gasteiger partial charge on any atom is -0.384 e. The van der Waals surface area contributed by atoms with Gasteiger partial charge in [0.1, 0.15) is 5.60 Å². The van der Waals surface area contributed by atoms with E-state index in [9.17, 15) is 5.11 Å². The first-order valence-corrected chi connectivity index (χ1v) is 6.71. The fraction of sp³-hybridized carbons (Fsp3) is 0.857. The monoisotopic (exact) mass is 240 g/mol. The Labute approximate surface area is 104 Å². The lowest BCUT2D eigenvalue weighted by molar-refractivity contribution is -0.190. The number of ether oxygens (including phenoxy) is 2. The van der Waals surface area contributed by atoms with Gasteiger partial charge in [-0.1, -0.05) is 25.3 Å². The Balaban J connectivity index is 2.00. The van der Waals surface area contributed by atoms with Crippen molar-refractivity contribution in [3.63, 3.8) is 0 Å². The Morgan fingerprint density at radius 3 is 2.71 bits per heavy atom. The Kier molecular flexibility index (Phi) is 4.23. The molecule has 1 aliphatic heterocycles. The van der Waals surface area contributed by atoms with Crippen LogP contribution >= 0.6 is 0 Å². The van der Waals surface area contributed by atoms with Gasteiger partial charge in [0.25, 0.3) is 0 Å². The average molecular weight is 240 g/mol. The maximum atomic E-state index is 10.5. The molecule has 1 aliphatic carbocycles. The second-order valence-electron chi connectivity index (χ2n) is 5.44. The van der Waals surface area contributed by atoms with E-state index in [0.717, 1.165) is 0 Å². The molecule has 0 aromatic heterocycles. The molecular weight excluding hydrogens is 216 g/mol. The van der Waals surface area contributed by atoms with E-state index in [4.69, 9.17) is 9.47 Å². The summed E-state index contributed by atoms with van der Waals surface area (Å²) >= 11 is 0. The highest BCUT2D eigenvalue weighted by Gasteiger charge is 2.49. The molecule has 0 amide bonds. The van der Waals surface area contributed by atoms with Gasteiger partial charge in [-0.2, -0.15) is 0 Å². The van der Waals surface area contributed by atoms with Crippen molar-refractivity contribution in [3.05, 3.63) is 12.7 Å². The number of aliphatic hydroxyl groups is 1. The van der Waals surface area contributed by atoms with Gasteiger partial charge in [0.15, 0.2) is 6.29 Å². The molecule has 0 bridgehead atoms. The summed E-state index contributed by atoms with van der Waals surface area (Å²) in [4.78, 5) is 0. The topological polar surface area (TPSA) is 38.7 Å². The first kappa shape index (κ1) is 13.1. The minimum absolute atomic E-state index is 0.158. The third-order valence-corrected chi connectivity index (χ3v) is 4.18. The van der Waals surface area contributed by atoms with E-state index in [1.807, 2.05) is 0 Å². The Hall–Kier alpha value is -0.380. The molecule has 3 heteroatoms. The number of methoxy groups -OCH3 is 1. The standard InChI is InChI=1S/C14H24O3/c1-3-9-14(15)10-12(17-13(14)16-2)11-7-5-4-6-8-11/h3,11-13,15H,1,4-10H2,2H3/t12-,13?,14-/m0/s1. The van der Waals surface area contributed by atoms with Gasteiger partial charge in [-0.25, -0.2) is 0 Å². The fourth-order valence-electron chi connectivity index (χ4n) is 3.27. The van der Waals surface area contributed by atoms with E-state index in [1.165, 1.54) is 32.1 Å². The van der Waals surface area contributed by atoms with E-state index in [2.05, 4.69) is 6.58 Å². The number of hydrogen-bond acceptors (Lipinski definition) is 3. The average Bonchev–Trinajstić information content (AvgIpc) is 2.68. The van der Waals surface area contributed by atoms with E-state index >= 15 is 0 Å². The van der Waals surface area contributed by atoms with E-state index < -0.39 is 11.9 Å². The molecule has 17 heavy (non-hydrogen) atoms. The van der Waals surface area contributed by atoms with Crippen LogP contribution in [0.5, 0.6) is 0 Å². The summed E-state index contributed by atoms with van der Waals surface area (Å²) in [6.07, 6.45) is 9.02. The van der Waals surface area contributed by atoms with Gasteiger partial charge in [0, 0.05) is 13.5 Å².